The van der Waals surface area contributed by atoms with Gasteiger partial charge in [-0.3, -0.25) is 63.8 Å². The Morgan fingerprint density at radius 2 is 0.838 bits per heavy atom. The summed E-state index contributed by atoms with van der Waals surface area (Å²) >= 11 is 2.95. The lowest BCUT2D eigenvalue weighted by Gasteiger charge is -2.36. The Kier molecular flexibility index (Phi) is 43.0. The van der Waals surface area contributed by atoms with Crippen molar-refractivity contribution in [1.29, 1.82) is 0 Å². The fourth-order valence-electron chi connectivity index (χ4n) is 15.0. The minimum absolute atomic E-state index is 0. The number of para-hydroxylation sites is 2. The number of aliphatic hydroxyl groups excluding tert-OH is 5. The van der Waals surface area contributed by atoms with Crippen LogP contribution in [0.15, 0.2) is 171 Å². The number of hydrogen-bond acceptors (Lipinski definition) is 34. The summed E-state index contributed by atoms with van der Waals surface area (Å²) in [5.41, 5.74) is 6.90. The molecule has 0 radical (unpaired) electrons. The van der Waals surface area contributed by atoms with E-state index in [9.17, 15) is 63.9 Å². The number of anilines is 3. The van der Waals surface area contributed by atoms with Gasteiger partial charge in [0, 0.05) is 92.6 Å². The number of pyridine rings is 2. The minimum atomic E-state index is -1.06. The number of amides is 3. The number of carboxylic acid groups (broad SMARTS) is 2. The number of aliphatic imine (C=N–C) groups is 5. The Balaban J connectivity index is 0.000000215. The number of carbonyl (C=O) groups is 8. The quantitative estimate of drug-likeness (QED) is 0.0229. The minimum Gasteiger partial charge on any atom is -0.481 e. The number of rotatable bonds is 17. The summed E-state index contributed by atoms with van der Waals surface area (Å²) < 4.78 is 24.1. The molecule has 14 N–H and O–H groups in total. The number of thioether (sulfide) groups is 2. The van der Waals surface area contributed by atoms with Crippen LogP contribution in [0.25, 0.3) is 21.8 Å². The van der Waals surface area contributed by atoms with Gasteiger partial charge in [-0.05, 0) is 213 Å². The molecule has 0 spiro atoms. The number of likely N-dealkylation sites (tertiary alicyclic amines) is 2. The highest BCUT2D eigenvalue weighted by Gasteiger charge is 2.36. The first-order valence-electron chi connectivity index (χ1n) is 44.8. The Bertz CT molecular complexity index is 5280. The third kappa shape index (κ3) is 38.3. The van der Waals surface area contributed by atoms with E-state index in [2.05, 4.69) is 89.0 Å². The third-order valence-electron chi connectivity index (χ3n) is 21.5. The molecule has 14 rings (SSSR count). The monoisotopic (exact) mass is 1940 g/mol. The van der Waals surface area contributed by atoms with Crippen LogP contribution in [0.4, 0.5) is 31.4 Å². The van der Waals surface area contributed by atoms with Gasteiger partial charge in [-0.15, -0.1) is 12.4 Å². The first kappa shape index (κ1) is 109. The number of benzene rings is 5. The molecule has 0 aliphatic carbocycles. The summed E-state index contributed by atoms with van der Waals surface area (Å²) in [5, 5.41) is 90.3. The zero-order chi connectivity index (χ0) is 97.9. The second-order valence-corrected chi connectivity index (χ2v) is 37.6. The van der Waals surface area contributed by atoms with Gasteiger partial charge in [0.1, 0.15) is 16.8 Å². The standard InChI is InChI=1S/C30H35N5O4.C29H33N5O4.C12H15N3O3.C10H18N2O3S.C10H18O5.C5H10N2OS.ClH/c1-39-29(38)16-26(23-15-22-6-2-3-8-27(22)31-17-23)21-9-11-35(12-10-21)28(37)14-20-5-4-7-24(13-20)34-30-32-18-25(36)19-33-30;35-24-17-31-29(32-18-24)33-23-6-3-4-19(12-23)13-27(36)34-10-8-20(9-11-34)25(15-28(37)38)22-14-21-5-1-2-7-26(21)30-16-22;16-10-6-13-12(14-7-10)15-9-3-1-2-8(4-9)5-11(17)18;1-10(2,3)15-9(14)12-6-7(13)5-11-8(12)16-4;1-9(2,3)14-7(11)13-8(12)15-10(4,5)6;1-9-5-6-2-4(8)3-7-5;/h2-8,13,15,17,21,25-26,36H,9-12,14,16,18-19H2,1H3,(H2,32,33,34);1-7,12,14,16,20,24-25,35H,8-11,13,15,17-18H2,(H,37,38)(H2,31,32,33);1-4,10,16H,5-7H2,(H,17,18)(H2,13,14,15);7,13H,5-6H2,1-4H3;1-6H3;4,8H,2-3H2,1H3,(H,6,7);1H. The number of guanidine groups is 3. The Morgan fingerprint density at radius 3 is 1.19 bits per heavy atom. The van der Waals surface area contributed by atoms with Gasteiger partial charge in [-0.25, -0.2) is 14.4 Å². The van der Waals surface area contributed by atoms with E-state index in [0.29, 0.717) is 127 Å². The Hall–Kier alpha value is -12.0. The molecular weight excluding hydrogens is 1810 g/mol. The van der Waals surface area contributed by atoms with Gasteiger partial charge in [-0.1, -0.05) is 96.3 Å². The average Bonchev–Trinajstić information content (AvgIpc) is 0.808. The second kappa shape index (κ2) is 53.5. The lowest BCUT2D eigenvalue weighted by molar-refractivity contribution is -0.142. The highest BCUT2D eigenvalue weighted by atomic mass is 35.5. The summed E-state index contributed by atoms with van der Waals surface area (Å²) in [6, 6.07) is 42.6. The third-order valence-corrected chi connectivity index (χ3v) is 22.8. The molecule has 0 saturated carbocycles. The number of amidine groups is 2. The van der Waals surface area contributed by atoms with Gasteiger partial charge >= 0.3 is 36.3 Å². The maximum atomic E-state index is 13.2. The van der Waals surface area contributed by atoms with Crippen molar-refractivity contribution >= 4 is 151 Å². The number of fused-ring (bicyclic) bond motifs is 2. The van der Waals surface area contributed by atoms with Gasteiger partial charge in [0.05, 0.1) is 120 Å². The highest BCUT2D eigenvalue weighted by Crippen LogP contribution is 2.39. The van der Waals surface area contributed by atoms with Gasteiger partial charge < -0.3 is 106 Å². The summed E-state index contributed by atoms with van der Waals surface area (Å²) in [6.45, 7) is 22.2. The number of ether oxygens (including phenoxy) is 5. The summed E-state index contributed by atoms with van der Waals surface area (Å²) in [6.07, 6.45) is 6.74. The molecule has 37 nitrogen and oxygen atoms in total. The number of nitrogens with one attached hydrogen (secondary N) is 7. The van der Waals surface area contributed by atoms with E-state index >= 15 is 0 Å². The van der Waals surface area contributed by atoms with Crippen LogP contribution in [0.5, 0.6) is 0 Å². The maximum Gasteiger partial charge on any atom is 0.519 e. The van der Waals surface area contributed by atoms with Crippen molar-refractivity contribution in [2.24, 2.45) is 36.8 Å². The van der Waals surface area contributed by atoms with Crippen molar-refractivity contribution < 1.29 is 97.8 Å². The van der Waals surface area contributed by atoms with Crippen molar-refractivity contribution in [2.45, 2.75) is 179 Å². The molecule has 9 heterocycles. The molecule has 3 amide bonds. The number of carbonyl (C=O) groups excluding carboxylic acids is 6. The first-order chi connectivity index (χ1) is 64.2. The molecule has 2 aromatic heterocycles. The van der Waals surface area contributed by atoms with Crippen LogP contribution in [-0.4, -0.2) is 295 Å². The molecule has 2 saturated heterocycles. The SMILES string of the molecule is CC(C)(C)OC(=O)OC(=O)OC(C)(C)C.COC(=O)CC(c1cnc2ccccc2c1)C1CCN(C(=O)Cc2cccc(NC3=NCC(O)CN3)c2)CC1.CSC1=NCC(O)CN1.CSC1=NCC(O)CN1C(=O)OC(C)(C)C.Cl.O=C(O)CC(c1cnc2ccccc2c1)C1CCN(C(=O)Cc2cccc(NC3=NCC(O)CN3)c2)CC1.O=C(O)Cc1cccc(NC2=NCC(O)CN2)c1. The predicted octanol–water partition coefficient (Wildman–Crippen LogP) is 10.4. The molecule has 5 aromatic carbocycles. The summed E-state index contributed by atoms with van der Waals surface area (Å²) in [5.74, 6) is 0.362. The van der Waals surface area contributed by atoms with Gasteiger partial charge in [0.25, 0.3) is 0 Å². The van der Waals surface area contributed by atoms with Crippen molar-refractivity contribution in [1.82, 2.24) is 45.9 Å². The molecule has 738 valence electrons. The van der Waals surface area contributed by atoms with Gasteiger partial charge in [-0.2, -0.15) is 0 Å². The van der Waals surface area contributed by atoms with Crippen LogP contribution < -0.4 is 37.2 Å². The van der Waals surface area contributed by atoms with Crippen LogP contribution >= 0.6 is 35.9 Å². The van der Waals surface area contributed by atoms with E-state index < -0.39 is 71.6 Å². The van der Waals surface area contributed by atoms with E-state index in [1.165, 1.54) is 23.8 Å². The van der Waals surface area contributed by atoms with Crippen molar-refractivity contribution in [2.75, 3.05) is 127 Å². The molecule has 7 aliphatic heterocycles. The van der Waals surface area contributed by atoms with E-state index in [0.717, 1.165) is 97.5 Å². The number of methoxy groups -OCH3 is 1. The normalized spacial score (nSPS) is 18.8. The average molecular weight is 1940 g/mol. The first-order valence-corrected chi connectivity index (χ1v) is 47.3. The largest absolute Gasteiger partial charge is 0.519 e. The molecule has 136 heavy (non-hydrogen) atoms. The molecule has 40 heteroatoms. The molecule has 7 aliphatic rings. The van der Waals surface area contributed by atoms with Gasteiger partial charge in [0.15, 0.2) is 28.2 Å². The number of halogens is 1. The highest BCUT2D eigenvalue weighted by molar-refractivity contribution is 8.13. The topological polar surface area (TPSA) is 506 Å². The number of carboxylic acids is 2. The maximum absolute atomic E-state index is 13.2. The van der Waals surface area contributed by atoms with Gasteiger partial charge in [0.2, 0.25) is 11.8 Å². The number of nitrogens with zero attached hydrogens (tertiary/aromatic N) is 10. The lowest BCUT2D eigenvalue weighted by Crippen LogP contribution is -2.47. The predicted molar refractivity (Wildman–Crippen MR) is 530 cm³/mol. The van der Waals surface area contributed by atoms with Crippen LogP contribution in [0.3, 0.4) is 0 Å². The number of β-amino-alcohol motifs (C(OH)–C–C–N with tert-alkyl or cyclic N) is 5. The fraction of sp³-hybridized carbons (Fsp3) is 0.490. The van der Waals surface area contributed by atoms with Crippen LogP contribution in [-0.2, 0) is 66.9 Å². The zero-order valence-electron chi connectivity index (χ0n) is 79.0. The van der Waals surface area contributed by atoms with E-state index in [1.807, 2.05) is 138 Å². The molecule has 7 unspecified atom stereocenters. The van der Waals surface area contributed by atoms with E-state index in [-0.39, 0.29) is 79.4 Å². The zero-order valence-corrected chi connectivity index (χ0v) is 81.4. The molecule has 2 fully saturated rings. The number of aliphatic hydroxyl groups is 5. The lowest BCUT2D eigenvalue weighted by atomic mass is 9.78. The molecule has 7 aromatic rings. The number of piperidine rings is 2. The van der Waals surface area contributed by atoms with Crippen molar-refractivity contribution in [3.8, 4) is 0 Å². The number of aromatic nitrogens is 2. The van der Waals surface area contributed by atoms with Crippen LogP contribution in [0.1, 0.15) is 140 Å². The molecule has 0 bridgehead atoms. The Morgan fingerprint density at radius 1 is 0.456 bits per heavy atom. The fourth-order valence-corrected chi connectivity index (χ4v) is 16.1. The van der Waals surface area contributed by atoms with Crippen LogP contribution in [0, 0.1) is 11.8 Å². The second-order valence-electron chi connectivity index (χ2n) is 36.0. The van der Waals surface area contributed by atoms with Crippen molar-refractivity contribution in [3.63, 3.8) is 0 Å². The molecule has 7 atom stereocenters. The molecular formula is C96H130ClN17O20S2. The van der Waals surface area contributed by atoms with E-state index in [1.54, 1.807) is 92.3 Å². The number of hydrogen-bond donors (Lipinski definition) is 14. The smallest absolute Gasteiger partial charge is 0.481 e. The van der Waals surface area contributed by atoms with E-state index in [4.69, 9.17) is 29.2 Å². The summed E-state index contributed by atoms with van der Waals surface area (Å²) in [4.78, 5) is 130. The summed E-state index contributed by atoms with van der Waals surface area (Å²) in [7, 11) is 1.42. The number of aliphatic carboxylic acids is 2. The van der Waals surface area contributed by atoms with Crippen molar-refractivity contribution in [3.05, 3.63) is 174 Å². The Labute approximate surface area is 807 Å². The number of esters is 1. The van der Waals surface area contributed by atoms with Crippen LogP contribution in [0.2, 0.25) is 0 Å².